The van der Waals surface area contributed by atoms with E-state index in [1.54, 1.807) is 24.4 Å². The SMILES string of the molecule is Cc1ncc(CNC(=O)CCNS(=O)(=O)c2ccc3ccccc3c2)s1. The molecule has 0 fully saturated rings. The van der Waals surface area contributed by atoms with Crippen molar-refractivity contribution in [1.82, 2.24) is 15.0 Å². The highest BCUT2D eigenvalue weighted by atomic mass is 32.2. The fourth-order valence-electron chi connectivity index (χ4n) is 2.48. The van der Waals surface area contributed by atoms with Crippen molar-refractivity contribution in [2.45, 2.75) is 24.8 Å². The van der Waals surface area contributed by atoms with Gasteiger partial charge >= 0.3 is 0 Å². The number of hydrogen-bond donors (Lipinski definition) is 2. The Bertz CT molecular complexity index is 1030. The van der Waals surface area contributed by atoms with Crippen molar-refractivity contribution in [3.8, 4) is 0 Å². The molecule has 0 saturated carbocycles. The van der Waals surface area contributed by atoms with Crippen molar-refractivity contribution < 1.29 is 13.2 Å². The number of hydrogen-bond acceptors (Lipinski definition) is 5. The number of carbonyl (C=O) groups is 1. The quantitative estimate of drug-likeness (QED) is 0.650. The van der Waals surface area contributed by atoms with Crippen molar-refractivity contribution in [2.24, 2.45) is 0 Å². The molecule has 0 saturated heterocycles. The van der Waals surface area contributed by atoms with E-state index in [0.29, 0.717) is 6.54 Å². The monoisotopic (exact) mass is 389 g/mol. The topological polar surface area (TPSA) is 88.2 Å². The summed E-state index contributed by atoms with van der Waals surface area (Å²) in [6.45, 7) is 2.35. The number of sulfonamides is 1. The van der Waals surface area contributed by atoms with Gasteiger partial charge in [-0.05, 0) is 29.8 Å². The summed E-state index contributed by atoms with van der Waals surface area (Å²) < 4.78 is 27.3. The molecule has 0 atom stereocenters. The maximum Gasteiger partial charge on any atom is 0.240 e. The number of aryl methyl sites for hydroxylation is 1. The van der Waals surface area contributed by atoms with Gasteiger partial charge < -0.3 is 5.32 Å². The minimum atomic E-state index is -3.65. The third-order valence-electron chi connectivity index (χ3n) is 3.80. The molecular formula is C18H19N3O3S2. The number of thiazole rings is 1. The third kappa shape index (κ3) is 4.66. The van der Waals surface area contributed by atoms with Gasteiger partial charge in [0.1, 0.15) is 0 Å². The number of nitrogens with zero attached hydrogens (tertiary/aromatic N) is 1. The van der Waals surface area contributed by atoms with Crippen molar-refractivity contribution in [2.75, 3.05) is 6.54 Å². The fraction of sp³-hybridized carbons (Fsp3) is 0.222. The summed E-state index contributed by atoms with van der Waals surface area (Å²) in [7, 11) is -3.65. The van der Waals surface area contributed by atoms with Crippen LogP contribution in [0.15, 0.2) is 53.6 Å². The standard InChI is InChI=1S/C18H19N3O3S2/c1-13-19-11-16(25-13)12-20-18(22)8-9-21-26(23,24)17-7-6-14-4-2-3-5-15(14)10-17/h2-7,10-11,21H,8-9,12H2,1H3,(H,20,22). The number of amides is 1. The number of fused-ring (bicyclic) bond motifs is 1. The third-order valence-corrected chi connectivity index (χ3v) is 6.18. The summed E-state index contributed by atoms with van der Waals surface area (Å²) >= 11 is 1.52. The van der Waals surface area contributed by atoms with E-state index < -0.39 is 10.0 Å². The van der Waals surface area contributed by atoms with Crippen LogP contribution in [0.4, 0.5) is 0 Å². The Morgan fingerprint density at radius 2 is 1.92 bits per heavy atom. The molecule has 6 nitrogen and oxygen atoms in total. The van der Waals surface area contributed by atoms with Gasteiger partial charge in [0.15, 0.2) is 0 Å². The first-order chi connectivity index (χ1) is 12.4. The van der Waals surface area contributed by atoms with Crippen LogP contribution in [0.25, 0.3) is 10.8 Å². The minimum absolute atomic E-state index is 0.0444. The lowest BCUT2D eigenvalue weighted by atomic mass is 10.1. The van der Waals surface area contributed by atoms with Crippen LogP contribution in [0, 0.1) is 6.92 Å². The zero-order valence-corrected chi connectivity index (χ0v) is 15.9. The van der Waals surface area contributed by atoms with Gasteiger partial charge in [-0.3, -0.25) is 4.79 Å². The maximum absolute atomic E-state index is 12.4. The Kier molecular flexibility index (Phi) is 5.65. The highest BCUT2D eigenvalue weighted by molar-refractivity contribution is 7.89. The van der Waals surface area contributed by atoms with E-state index in [4.69, 9.17) is 0 Å². The second kappa shape index (κ2) is 7.94. The van der Waals surface area contributed by atoms with Gasteiger partial charge in [-0.15, -0.1) is 11.3 Å². The molecular weight excluding hydrogens is 370 g/mol. The molecule has 3 rings (SSSR count). The Morgan fingerprint density at radius 3 is 2.65 bits per heavy atom. The predicted octanol–water partition coefficient (Wildman–Crippen LogP) is 2.59. The van der Waals surface area contributed by atoms with E-state index in [1.165, 1.54) is 11.3 Å². The molecule has 136 valence electrons. The second-order valence-corrected chi connectivity index (χ2v) is 8.87. The Labute approximate surface area is 156 Å². The molecule has 0 spiro atoms. The van der Waals surface area contributed by atoms with Crippen molar-refractivity contribution in [3.05, 3.63) is 58.5 Å². The summed E-state index contributed by atoms with van der Waals surface area (Å²) in [6, 6.07) is 12.5. The van der Waals surface area contributed by atoms with Crippen LogP contribution in [-0.4, -0.2) is 25.9 Å². The number of aromatic nitrogens is 1. The largest absolute Gasteiger partial charge is 0.351 e. The van der Waals surface area contributed by atoms with E-state index in [2.05, 4.69) is 15.0 Å². The molecule has 1 heterocycles. The van der Waals surface area contributed by atoms with Crippen molar-refractivity contribution in [3.63, 3.8) is 0 Å². The van der Waals surface area contributed by atoms with Crippen LogP contribution in [0.2, 0.25) is 0 Å². The summed E-state index contributed by atoms with van der Waals surface area (Å²) in [5.74, 6) is -0.211. The average molecular weight is 390 g/mol. The molecule has 0 unspecified atom stereocenters. The summed E-state index contributed by atoms with van der Waals surface area (Å²) in [4.78, 5) is 17.1. The first-order valence-corrected chi connectivity index (χ1v) is 10.4. The normalized spacial score (nSPS) is 11.6. The van der Waals surface area contributed by atoms with E-state index in [-0.39, 0.29) is 23.8 Å². The van der Waals surface area contributed by atoms with Gasteiger partial charge in [-0.2, -0.15) is 0 Å². The van der Waals surface area contributed by atoms with Crippen LogP contribution in [0.3, 0.4) is 0 Å². The molecule has 8 heteroatoms. The zero-order chi connectivity index (χ0) is 18.6. The smallest absolute Gasteiger partial charge is 0.240 e. The van der Waals surface area contributed by atoms with Crippen LogP contribution in [0.5, 0.6) is 0 Å². The van der Waals surface area contributed by atoms with Crippen LogP contribution in [-0.2, 0) is 21.4 Å². The van der Waals surface area contributed by atoms with Crippen LogP contribution < -0.4 is 10.0 Å². The lowest BCUT2D eigenvalue weighted by molar-refractivity contribution is -0.121. The Hall–Kier alpha value is -2.29. The highest BCUT2D eigenvalue weighted by Gasteiger charge is 2.14. The van der Waals surface area contributed by atoms with E-state index in [9.17, 15) is 13.2 Å². The van der Waals surface area contributed by atoms with E-state index >= 15 is 0 Å². The van der Waals surface area contributed by atoms with Gasteiger partial charge in [-0.1, -0.05) is 30.3 Å². The minimum Gasteiger partial charge on any atom is -0.351 e. The summed E-state index contributed by atoms with van der Waals surface area (Å²) in [6.07, 6.45) is 1.80. The van der Waals surface area contributed by atoms with Crippen LogP contribution in [0.1, 0.15) is 16.3 Å². The molecule has 1 amide bonds. The lowest BCUT2D eigenvalue weighted by Gasteiger charge is -2.08. The van der Waals surface area contributed by atoms with E-state index in [0.717, 1.165) is 20.7 Å². The van der Waals surface area contributed by atoms with Crippen molar-refractivity contribution in [1.29, 1.82) is 0 Å². The first kappa shape index (κ1) is 18.5. The predicted molar refractivity (Wildman–Crippen MR) is 102 cm³/mol. The van der Waals surface area contributed by atoms with Gasteiger partial charge in [0.2, 0.25) is 15.9 Å². The first-order valence-electron chi connectivity index (χ1n) is 8.10. The molecule has 0 aliphatic rings. The fourth-order valence-corrected chi connectivity index (χ4v) is 4.28. The van der Waals surface area contributed by atoms with Gasteiger partial charge in [-0.25, -0.2) is 18.1 Å². The zero-order valence-electron chi connectivity index (χ0n) is 14.2. The molecule has 2 aromatic carbocycles. The molecule has 0 radical (unpaired) electrons. The second-order valence-electron chi connectivity index (χ2n) is 5.78. The molecule has 0 bridgehead atoms. The molecule has 26 heavy (non-hydrogen) atoms. The molecule has 3 aromatic rings. The van der Waals surface area contributed by atoms with Crippen LogP contribution >= 0.6 is 11.3 Å². The van der Waals surface area contributed by atoms with E-state index in [1.807, 2.05) is 31.2 Å². The molecule has 1 aromatic heterocycles. The average Bonchev–Trinajstić information content (AvgIpc) is 3.05. The summed E-state index contributed by atoms with van der Waals surface area (Å²) in [5, 5.41) is 5.53. The van der Waals surface area contributed by atoms with Gasteiger partial charge in [0.05, 0.1) is 16.4 Å². The number of nitrogens with one attached hydrogen (secondary N) is 2. The highest BCUT2D eigenvalue weighted by Crippen LogP contribution is 2.18. The number of benzene rings is 2. The number of rotatable bonds is 7. The Morgan fingerprint density at radius 1 is 1.15 bits per heavy atom. The van der Waals surface area contributed by atoms with Crippen molar-refractivity contribution >= 4 is 38.0 Å². The molecule has 0 aliphatic heterocycles. The molecule has 2 N–H and O–H groups in total. The Balaban J connectivity index is 1.53. The number of carbonyl (C=O) groups excluding carboxylic acids is 1. The lowest BCUT2D eigenvalue weighted by Crippen LogP contribution is -2.30. The maximum atomic E-state index is 12.4. The molecule has 0 aliphatic carbocycles. The summed E-state index contributed by atoms with van der Waals surface area (Å²) in [5.41, 5.74) is 0. The van der Waals surface area contributed by atoms with Gasteiger partial charge in [0, 0.05) is 24.0 Å². The van der Waals surface area contributed by atoms with Gasteiger partial charge in [0.25, 0.3) is 0 Å².